The molecule has 0 aromatic rings. The highest BCUT2D eigenvalue weighted by molar-refractivity contribution is 4.81. The van der Waals surface area contributed by atoms with Crippen LogP contribution in [0, 0.1) is 0 Å². The summed E-state index contributed by atoms with van der Waals surface area (Å²) in [7, 11) is 0. The van der Waals surface area contributed by atoms with Crippen LogP contribution in [0.15, 0.2) is 0 Å². The van der Waals surface area contributed by atoms with Crippen LogP contribution in [0.4, 0.5) is 13.2 Å². The summed E-state index contributed by atoms with van der Waals surface area (Å²) in [5, 5.41) is 2.60. The average Bonchev–Trinajstić information content (AvgIpc) is 1.96. The Balaban J connectivity index is 2.52. The molecule has 0 bridgehead atoms. The van der Waals surface area contributed by atoms with E-state index in [2.05, 4.69) is 5.32 Å². The molecule has 1 saturated heterocycles. The van der Waals surface area contributed by atoms with E-state index in [1.165, 1.54) is 0 Å². The number of halogens is 3. The molecule has 10 heavy (non-hydrogen) atoms. The van der Waals surface area contributed by atoms with Crippen LogP contribution in [0.5, 0.6) is 0 Å². The second-order valence-corrected chi connectivity index (χ2v) is 2.54. The second-order valence-electron chi connectivity index (χ2n) is 2.54. The van der Waals surface area contributed by atoms with Crippen LogP contribution in [0.25, 0.3) is 0 Å². The van der Waals surface area contributed by atoms with Gasteiger partial charge in [0.2, 0.25) is 0 Å². The zero-order valence-corrected chi connectivity index (χ0v) is 5.54. The van der Waals surface area contributed by atoms with Gasteiger partial charge in [-0.05, 0) is 13.0 Å². The predicted molar refractivity (Wildman–Crippen MR) is 31.9 cm³/mol. The molecule has 1 N–H and O–H groups in total. The van der Waals surface area contributed by atoms with Gasteiger partial charge in [0.25, 0.3) is 5.92 Å². The lowest BCUT2D eigenvalue weighted by Gasteiger charge is -2.16. The summed E-state index contributed by atoms with van der Waals surface area (Å²) >= 11 is 0. The summed E-state index contributed by atoms with van der Waals surface area (Å²) in [4.78, 5) is 0. The molecular formula is C6H10F3N. The Kier molecular flexibility index (Phi) is 2.18. The third-order valence-electron chi connectivity index (χ3n) is 1.65. The molecule has 1 aliphatic heterocycles. The smallest absolute Gasteiger partial charge is 0.280 e. The molecule has 60 valence electrons. The molecule has 0 saturated carbocycles. The first-order valence-electron chi connectivity index (χ1n) is 3.35. The van der Waals surface area contributed by atoms with Gasteiger partial charge in [0, 0.05) is 13.0 Å². The van der Waals surface area contributed by atoms with Gasteiger partial charge in [-0.15, -0.1) is 0 Å². The molecule has 4 heteroatoms. The SMILES string of the molecule is F[C@H]1CNCCCC1(F)F. The van der Waals surface area contributed by atoms with E-state index >= 15 is 0 Å². The molecule has 0 radical (unpaired) electrons. The number of rotatable bonds is 0. The third-order valence-corrected chi connectivity index (χ3v) is 1.65. The van der Waals surface area contributed by atoms with Crippen LogP contribution in [0.2, 0.25) is 0 Å². The molecule has 0 spiro atoms. The summed E-state index contributed by atoms with van der Waals surface area (Å²) in [6.45, 7) is 0.281. The quantitative estimate of drug-likeness (QED) is 0.553. The highest BCUT2D eigenvalue weighted by atomic mass is 19.3. The lowest BCUT2D eigenvalue weighted by Crippen LogP contribution is -2.34. The molecule has 1 fully saturated rings. The highest BCUT2D eigenvalue weighted by Gasteiger charge is 2.40. The maximum absolute atomic E-state index is 12.4. The third kappa shape index (κ3) is 1.62. The minimum atomic E-state index is -3.11. The summed E-state index contributed by atoms with van der Waals surface area (Å²) in [5.74, 6) is -3.11. The van der Waals surface area contributed by atoms with Crippen molar-refractivity contribution >= 4 is 0 Å². The first-order valence-corrected chi connectivity index (χ1v) is 3.35. The Hall–Kier alpha value is -0.250. The number of nitrogens with one attached hydrogen (secondary N) is 1. The van der Waals surface area contributed by atoms with E-state index in [0.29, 0.717) is 13.0 Å². The first kappa shape index (κ1) is 7.85. The molecule has 0 unspecified atom stereocenters. The van der Waals surface area contributed by atoms with Crippen molar-refractivity contribution in [2.45, 2.75) is 24.9 Å². The van der Waals surface area contributed by atoms with Gasteiger partial charge in [0.15, 0.2) is 6.17 Å². The van der Waals surface area contributed by atoms with Gasteiger partial charge in [-0.1, -0.05) is 0 Å². The highest BCUT2D eigenvalue weighted by Crippen LogP contribution is 2.27. The number of hydrogen-bond acceptors (Lipinski definition) is 1. The Morgan fingerprint density at radius 1 is 1.40 bits per heavy atom. The normalized spacial score (nSPS) is 33.3. The average molecular weight is 153 g/mol. The van der Waals surface area contributed by atoms with Crippen molar-refractivity contribution in [3.63, 3.8) is 0 Å². The first-order chi connectivity index (χ1) is 4.63. The van der Waals surface area contributed by atoms with E-state index in [1.54, 1.807) is 0 Å². The van der Waals surface area contributed by atoms with E-state index in [-0.39, 0.29) is 13.0 Å². The summed E-state index contributed by atoms with van der Waals surface area (Å²) in [6.07, 6.45) is -1.98. The van der Waals surface area contributed by atoms with E-state index in [4.69, 9.17) is 0 Å². The summed E-state index contributed by atoms with van der Waals surface area (Å²) in [5.41, 5.74) is 0. The minimum Gasteiger partial charge on any atom is -0.314 e. The summed E-state index contributed by atoms with van der Waals surface area (Å²) < 4.78 is 37.3. The molecule has 1 nitrogen and oxygen atoms in total. The molecule has 0 amide bonds. The van der Waals surface area contributed by atoms with E-state index in [0.717, 1.165) is 0 Å². The molecule has 0 aliphatic carbocycles. The molecule has 0 aromatic carbocycles. The van der Waals surface area contributed by atoms with Crippen molar-refractivity contribution in [3.8, 4) is 0 Å². The Morgan fingerprint density at radius 3 is 2.80 bits per heavy atom. The molecular weight excluding hydrogens is 143 g/mol. The fourth-order valence-corrected chi connectivity index (χ4v) is 0.984. The maximum atomic E-state index is 12.4. The van der Waals surface area contributed by atoms with Gasteiger partial charge in [-0.3, -0.25) is 0 Å². The lowest BCUT2D eigenvalue weighted by atomic mass is 10.1. The van der Waals surface area contributed by atoms with Crippen LogP contribution in [0.1, 0.15) is 12.8 Å². The van der Waals surface area contributed by atoms with Crippen molar-refractivity contribution in [2.24, 2.45) is 0 Å². The van der Waals surface area contributed by atoms with Crippen molar-refractivity contribution < 1.29 is 13.2 Å². The van der Waals surface area contributed by atoms with Crippen molar-refractivity contribution in [1.82, 2.24) is 5.32 Å². The Morgan fingerprint density at radius 2 is 2.10 bits per heavy atom. The molecule has 1 rings (SSSR count). The molecule has 1 atom stereocenters. The van der Waals surface area contributed by atoms with Gasteiger partial charge in [-0.25, -0.2) is 13.2 Å². The van der Waals surface area contributed by atoms with Crippen LogP contribution >= 0.6 is 0 Å². The number of hydrogen-bond donors (Lipinski definition) is 1. The van der Waals surface area contributed by atoms with Crippen LogP contribution in [0.3, 0.4) is 0 Å². The maximum Gasteiger partial charge on any atom is 0.280 e. The molecule has 1 heterocycles. The van der Waals surface area contributed by atoms with Crippen molar-refractivity contribution in [3.05, 3.63) is 0 Å². The van der Waals surface area contributed by atoms with Gasteiger partial charge in [0.05, 0.1) is 0 Å². The standard InChI is InChI=1S/C6H10F3N/c7-5-4-10-3-1-2-6(5,8)9/h5,10H,1-4H2/t5-/m0/s1. The predicted octanol–water partition coefficient (Wildman–Crippen LogP) is 1.34. The van der Waals surface area contributed by atoms with Gasteiger partial charge < -0.3 is 5.32 Å². The molecule has 1 aliphatic rings. The van der Waals surface area contributed by atoms with Crippen LogP contribution in [-0.2, 0) is 0 Å². The van der Waals surface area contributed by atoms with Crippen LogP contribution < -0.4 is 5.32 Å². The molecule has 0 aromatic heterocycles. The van der Waals surface area contributed by atoms with E-state index < -0.39 is 12.1 Å². The van der Waals surface area contributed by atoms with Gasteiger partial charge in [0.1, 0.15) is 0 Å². The minimum absolute atomic E-state index is 0.215. The number of alkyl halides is 3. The largest absolute Gasteiger partial charge is 0.314 e. The van der Waals surface area contributed by atoms with E-state index in [9.17, 15) is 13.2 Å². The summed E-state index contributed by atoms with van der Waals surface area (Å²) in [6, 6.07) is 0. The second kappa shape index (κ2) is 2.78. The van der Waals surface area contributed by atoms with Crippen molar-refractivity contribution in [2.75, 3.05) is 13.1 Å². The van der Waals surface area contributed by atoms with Gasteiger partial charge >= 0.3 is 0 Å². The lowest BCUT2D eigenvalue weighted by molar-refractivity contribution is -0.0714. The van der Waals surface area contributed by atoms with Crippen molar-refractivity contribution in [1.29, 1.82) is 0 Å². The van der Waals surface area contributed by atoms with E-state index in [1.807, 2.05) is 0 Å². The topological polar surface area (TPSA) is 12.0 Å². The van der Waals surface area contributed by atoms with Gasteiger partial charge in [-0.2, -0.15) is 0 Å². The zero-order chi connectivity index (χ0) is 7.61. The fourth-order valence-electron chi connectivity index (χ4n) is 0.984. The van der Waals surface area contributed by atoms with Crippen LogP contribution in [-0.4, -0.2) is 25.2 Å². The fraction of sp³-hybridized carbons (Fsp3) is 1.00. The Labute approximate surface area is 57.6 Å². The Bertz CT molecular complexity index is 116. The zero-order valence-electron chi connectivity index (χ0n) is 5.54. The monoisotopic (exact) mass is 153 g/mol.